The quantitative estimate of drug-likeness (QED) is 0.436. The number of nitrogens with zero attached hydrogens (tertiary/aromatic N) is 3. The van der Waals surface area contributed by atoms with Crippen LogP contribution in [0.15, 0.2) is 77.8 Å². The Morgan fingerprint density at radius 1 is 0.844 bits per heavy atom. The van der Waals surface area contributed by atoms with Crippen molar-refractivity contribution >= 4 is 49.8 Å². The molecule has 3 aromatic carbocycles. The van der Waals surface area contributed by atoms with E-state index in [4.69, 9.17) is 0 Å². The van der Waals surface area contributed by atoms with E-state index in [-0.39, 0.29) is 12.4 Å². The van der Waals surface area contributed by atoms with Gasteiger partial charge in [-0.3, -0.25) is 4.90 Å². The lowest BCUT2D eigenvalue weighted by Gasteiger charge is -2.38. The molecule has 2 saturated heterocycles. The lowest BCUT2D eigenvalue weighted by molar-refractivity contribution is 0.231. The smallest absolute Gasteiger partial charge is 0.268 e. The molecule has 0 saturated carbocycles. The van der Waals surface area contributed by atoms with Crippen LogP contribution in [0, 0.1) is 0 Å². The Kier molecular flexibility index (Phi) is 5.40. The SMILES string of the molecule is Cl.O=S(=O)(c1cccc2ccccc12)n1ccc2ccc(N3CCN4CCCC4C3)cc21. The maximum Gasteiger partial charge on any atom is 0.268 e. The fraction of sp³-hybridized carbons (Fsp3) is 0.280. The van der Waals surface area contributed by atoms with Gasteiger partial charge in [0.15, 0.2) is 0 Å². The first-order chi connectivity index (χ1) is 15.1. The zero-order chi connectivity index (χ0) is 21.0. The van der Waals surface area contributed by atoms with Crippen molar-refractivity contribution in [3.05, 3.63) is 72.9 Å². The predicted octanol–water partition coefficient (Wildman–Crippen LogP) is 4.74. The predicted molar refractivity (Wildman–Crippen MR) is 133 cm³/mol. The average molecular weight is 468 g/mol. The number of halogens is 1. The third-order valence-electron chi connectivity index (χ3n) is 6.88. The number of hydrogen-bond acceptors (Lipinski definition) is 4. The van der Waals surface area contributed by atoms with Crippen LogP contribution in [-0.2, 0) is 10.0 Å². The summed E-state index contributed by atoms with van der Waals surface area (Å²) in [6.07, 6.45) is 4.22. The van der Waals surface area contributed by atoms with E-state index in [0.717, 1.165) is 47.0 Å². The van der Waals surface area contributed by atoms with Crippen LogP contribution in [-0.4, -0.2) is 49.5 Å². The Morgan fingerprint density at radius 3 is 2.59 bits per heavy atom. The van der Waals surface area contributed by atoms with Crippen molar-refractivity contribution in [3.8, 4) is 0 Å². The summed E-state index contributed by atoms with van der Waals surface area (Å²) in [5, 5.41) is 2.61. The van der Waals surface area contributed by atoms with Crippen molar-refractivity contribution in [2.24, 2.45) is 0 Å². The van der Waals surface area contributed by atoms with Gasteiger partial charge in [-0.2, -0.15) is 0 Å². The van der Waals surface area contributed by atoms with Crippen LogP contribution in [0.25, 0.3) is 21.7 Å². The highest BCUT2D eigenvalue weighted by Crippen LogP contribution is 2.31. The molecule has 0 amide bonds. The maximum absolute atomic E-state index is 13.7. The zero-order valence-corrected chi connectivity index (χ0v) is 19.4. The van der Waals surface area contributed by atoms with Gasteiger partial charge in [0.05, 0.1) is 10.4 Å². The molecule has 7 heteroatoms. The average Bonchev–Trinajstić information content (AvgIpc) is 3.44. The van der Waals surface area contributed by atoms with Crippen molar-refractivity contribution < 1.29 is 8.42 Å². The highest BCUT2D eigenvalue weighted by Gasteiger charge is 2.31. The Bertz CT molecular complexity index is 1390. The zero-order valence-electron chi connectivity index (χ0n) is 17.7. The molecule has 1 unspecified atom stereocenters. The van der Waals surface area contributed by atoms with Gasteiger partial charge in [-0.15, -0.1) is 12.4 Å². The molecule has 2 fully saturated rings. The minimum Gasteiger partial charge on any atom is -0.369 e. The first-order valence-corrected chi connectivity index (χ1v) is 12.4. The molecule has 0 radical (unpaired) electrons. The van der Waals surface area contributed by atoms with E-state index in [1.165, 1.54) is 23.4 Å². The van der Waals surface area contributed by atoms with Gasteiger partial charge < -0.3 is 4.90 Å². The van der Waals surface area contributed by atoms with Gasteiger partial charge >= 0.3 is 0 Å². The van der Waals surface area contributed by atoms with Crippen LogP contribution in [0.4, 0.5) is 5.69 Å². The maximum atomic E-state index is 13.7. The third kappa shape index (κ3) is 3.38. The van der Waals surface area contributed by atoms with Gasteiger partial charge in [-0.1, -0.05) is 42.5 Å². The molecule has 1 aromatic heterocycles. The lowest BCUT2D eigenvalue weighted by Crippen LogP contribution is -2.50. The molecule has 0 aliphatic carbocycles. The monoisotopic (exact) mass is 467 g/mol. The van der Waals surface area contributed by atoms with E-state index < -0.39 is 10.0 Å². The molecular formula is C25H26ClN3O2S. The second-order valence-corrected chi connectivity index (χ2v) is 10.4. The van der Waals surface area contributed by atoms with Crippen LogP contribution in [0.2, 0.25) is 0 Å². The van der Waals surface area contributed by atoms with Crippen molar-refractivity contribution in [1.29, 1.82) is 0 Å². The standard InChI is InChI=1S/C25H25N3O2S.ClH/c29-31(30,25-9-3-6-19-5-1-2-8-23(19)25)28-14-12-20-10-11-21(17-24(20)28)27-16-15-26-13-4-7-22(26)18-27;/h1-3,5-6,8-12,14,17,22H,4,7,13,15-16,18H2;1H. The van der Waals surface area contributed by atoms with Gasteiger partial charge in [-0.05, 0) is 49.0 Å². The summed E-state index contributed by atoms with van der Waals surface area (Å²) in [7, 11) is -3.72. The molecular weight excluding hydrogens is 442 g/mol. The largest absolute Gasteiger partial charge is 0.369 e. The minimum absolute atomic E-state index is 0. The second-order valence-electron chi connectivity index (χ2n) is 8.62. The second kappa shape index (κ2) is 8.10. The van der Waals surface area contributed by atoms with Gasteiger partial charge in [0.2, 0.25) is 0 Å². The molecule has 6 rings (SSSR count). The van der Waals surface area contributed by atoms with E-state index >= 15 is 0 Å². The normalized spacial score (nSPS) is 19.2. The van der Waals surface area contributed by atoms with Crippen LogP contribution in [0.3, 0.4) is 0 Å². The van der Waals surface area contributed by atoms with E-state index in [2.05, 4.69) is 15.9 Å². The summed E-state index contributed by atoms with van der Waals surface area (Å²) in [6, 6.07) is 21.8. The molecule has 0 bridgehead atoms. The van der Waals surface area contributed by atoms with Crippen LogP contribution >= 0.6 is 12.4 Å². The van der Waals surface area contributed by atoms with Gasteiger partial charge in [0, 0.05) is 48.3 Å². The van der Waals surface area contributed by atoms with Crippen molar-refractivity contribution in [2.75, 3.05) is 31.1 Å². The molecule has 32 heavy (non-hydrogen) atoms. The van der Waals surface area contributed by atoms with Gasteiger partial charge in [-0.25, -0.2) is 12.4 Å². The van der Waals surface area contributed by atoms with E-state index in [1.54, 1.807) is 12.3 Å². The third-order valence-corrected chi connectivity index (χ3v) is 8.63. The van der Waals surface area contributed by atoms with E-state index in [0.29, 0.717) is 10.9 Å². The summed E-state index contributed by atoms with van der Waals surface area (Å²) in [4.78, 5) is 5.34. The summed E-state index contributed by atoms with van der Waals surface area (Å²) >= 11 is 0. The Morgan fingerprint density at radius 2 is 1.69 bits per heavy atom. The number of aromatic nitrogens is 1. The first kappa shape index (κ1) is 21.3. The van der Waals surface area contributed by atoms with Crippen LogP contribution in [0.5, 0.6) is 0 Å². The Hall–Kier alpha value is -2.54. The van der Waals surface area contributed by atoms with Crippen molar-refractivity contribution in [1.82, 2.24) is 8.87 Å². The summed E-state index contributed by atoms with van der Waals surface area (Å²) < 4.78 is 28.8. The van der Waals surface area contributed by atoms with Crippen LogP contribution in [0.1, 0.15) is 12.8 Å². The highest BCUT2D eigenvalue weighted by atomic mass is 35.5. The summed E-state index contributed by atoms with van der Waals surface area (Å²) in [5.41, 5.74) is 1.84. The van der Waals surface area contributed by atoms with E-state index in [1.807, 2.05) is 54.6 Å². The molecule has 2 aliphatic rings. The number of benzene rings is 3. The topological polar surface area (TPSA) is 45.6 Å². The number of anilines is 1. The highest BCUT2D eigenvalue weighted by molar-refractivity contribution is 7.90. The summed E-state index contributed by atoms with van der Waals surface area (Å²) in [5.74, 6) is 0. The molecule has 2 aliphatic heterocycles. The number of hydrogen-bond donors (Lipinski definition) is 0. The fourth-order valence-electron chi connectivity index (χ4n) is 5.25. The number of piperazine rings is 1. The van der Waals surface area contributed by atoms with Crippen LogP contribution < -0.4 is 4.90 Å². The summed E-state index contributed by atoms with van der Waals surface area (Å²) in [6.45, 7) is 4.29. The minimum atomic E-state index is -3.72. The Balaban J connectivity index is 0.00000216. The van der Waals surface area contributed by atoms with Gasteiger partial charge in [0.1, 0.15) is 0 Å². The molecule has 4 aromatic rings. The number of rotatable bonds is 3. The molecule has 1 atom stereocenters. The lowest BCUT2D eigenvalue weighted by atomic mass is 10.1. The molecule has 5 nitrogen and oxygen atoms in total. The van der Waals surface area contributed by atoms with E-state index in [9.17, 15) is 8.42 Å². The van der Waals surface area contributed by atoms with Crippen molar-refractivity contribution in [3.63, 3.8) is 0 Å². The molecule has 166 valence electrons. The molecule has 3 heterocycles. The van der Waals surface area contributed by atoms with Crippen molar-refractivity contribution in [2.45, 2.75) is 23.8 Å². The molecule has 0 N–H and O–H groups in total. The Labute approximate surface area is 194 Å². The van der Waals surface area contributed by atoms with Gasteiger partial charge in [0.25, 0.3) is 10.0 Å². The molecule has 0 spiro atoms. The number of fused-ring (bicyclic) bond motifs is 3. The fourth-order valence-corrected chi connectivity index (χ4v) is 6.82. The first-order valence-electron chi connectivity index (χ1n) is 10.9.